The Morgan fingerprint density at radius 3 is 2.26 bits per heavy atom. The highest BCUT2D eigenvalue weighted by Gasteiger charge is 2.13. The SMILES string of the molecule is C=CCc1cc(CNc2ccc(Oc3ccccc3)cc2)cc(OC)c1OCc1ccc(F)cc1. The standard InChI is InChI=1S/C30H28FNO3/c1-3-7-24-18-23(19-29(33-2)30(24)34-21-22-10-12-25(31)13-11-22)20-32-26-14-16-28(17-15-26)35-27-8-5-4-6-9-27/h3-6,8-19,32H,1,7,20-21H2,2H3. The average Bonchev–Trinajstić information content (AvgIpc) is 2.89. The minimum atomic E-state index is -0.270. The zero-order valence-electron chi connectivity index (χ0n) is 19.7. The van der Waals surface area contributed by atoms with Gasteiger partial charge in [0.15, 0.2) is 11.5 Å². The summed E-state index contributed by atoms with van der Waals surface area (Å²) in [5.74, 6) is 2.63. The van der Waals surface area contributed by atoms with Crippen molar-refractivity contribution in [3.63, 3.8) is 0 Å². The van der Waals surface area contributed by atoms with E-state index in [1.165, 1.54) is 12.1 Å². The Morgan fingerprint density at radius 1 is 0.857 bits per heavy atom. The highest BCUT2D eigenvalue weighted by atomic mass is 19.1. The average molecular weight is 470 g/mol. The van der Waals surface area contributed by atoms with Crippen LogP contribution < -0.4 is 19.5 Å². The van der Waals surface area contributed by atoms with E-state index in [2.05, 4.69) is 18.0 Å². The van der Waals surface area contributed by atoms with Gasteiger partial charge in [0.1, 0.15) is 23.9 Å². The van der Waals surface area contributed by atoms with Gasteiger partial charge in [-0.15, -0.1) is 6.58 Å². The van der Waals surface area contributed by atoms with Crippen LogP contribution in [-0.4, -0.2) is 7.11 Å². The summed E-state index contributed by atoms with van der Waals surface area (Å²) in [4.78, 5) is 0. The molecular weight excluding hydrogens is 441 g/mol. The van der Waals surface area contributed by atoms with Crippen LogP contribution in [0.4, 0.5) is 10.1 Å². The topological polar surface area (TPSA) is 39.7 Å². The predicted octanol–water partition coefficient (Wildman–Crippen LogP) is 7.55. The maximum absolute atomic E-state index is 13.2. The van der Waals surface area contributed by atoms with E-state index in [0.29, 0.717) is 31.1 Å². The predicted molar refractivity (Wildman–Crippen MR) is 138 cm³/mol. The molecule has 0 fully saturated rings. The number of ether oxygens (including phenoxy) is 3. The van der Waals surface area contributed by atoms with Gasteiger partial charge in [0, 0.05) is 17.8 Å². The number of halogens is 1. The van der Waals surface area contributed by atoms with E-state index >= 15 is 0 Å². The number of methoxy groups -OCH3 is 1. The summed E-state index contributed by atoms with van der Waals surface area (Å²) >= 11 is 0. The summed E-state index contributed by atoms with van der Waals surface area (Å²) in [6.45, 7) is 4.80. The maximum Gasteiger partial charge on any atom is 0.165 e. The first-order valence-electron chi connectivity index (χ1n) is 11.4. The molecule has 0 radical (unpaired) electrons. The van der Waals surface area contributed by atoms with Crippen LogP contribution >= 0.6 is 0 Å². The van der Waals surface area contributed by atoms with Gasteiger partial charge in [-0.3, -0.25) is 0 Å². The Bertz CT molecular complexity index is 1240. The van der Waals surface area contributed by atoms with Gasteiger partial charge in [-0.1, -0.05) is 36.4 Å². The second-order valence-electron chi connectivity index (χ2n) is 7.99. The highest BCUT2D eigenvalue weighted by Crippen LogP contribution is 2.34. The van der Waals surface area contributed by atoms with Gasteiger partial charge >= 0.3 is 0 Å². The zero-order chi connectivity index (χ0) is 24.5. The van der Waals surface area contributed by atoms with Crippen LogP contribution in [0.1, 0.15) is 16.7 Å². The van der Waals surface area contributed by atoms with E-state index in [0.717, 1.165) is 33.9 Å². The molecule has 4 rings (SSSR count). The van der Waals surface area contributed by atoms with Crippen LogP contribution in [0.3, 0.4) is 0 Å². The molecule has 4 nitrogen and oxygen atoms in total. The van der Waals surface area contributed by atoms with Crippen LogP contribution in [0.5, 0.6) is 23.0 Å². The largest absolute Gasteiger partial charge is 0.493 e. The van der Waals surface area contributed by atoms with Crippen molar-refractivity contribution < 1.29 is 18.6 Å². The van der Waals surface area contributed by atoms with E-state index in [9.17, 15) is 4.39 Å². The number of hydrogen-bond acceptors (Lipinski definition) is 4. The molecule has 0 saturated heterocycles. The van der Waals surface area contributed by atoms with Gasteiger partial charge in [0.25, 0.3) is 0 Å². The van der Waals surface area contributed by atoms with Crippen molar-refractivity contribution in [2.75, 3.05) is 12.4 Å². The lowest BCUT2D eigenvalue weighted by Crippen LogP contribution is -2.05. The van der Waals surface area contributed by atoms with E-state index in [1.807, 2.05) is 66.7 Å². The Kier molecular flexibility index (Phi) is 8.02. The molecule has 0 atom stereocenters. The second kappa shape index (κ2) is 11.7. The number of anilines is 1. The fraction of sp³-hybridized carbons (Fsp3) is 0.133. The van der Waals surface area contributed by atoms with E-state index < -0.39 is 0 Å². The third-order valence-electron chi connectivity index (χ3n) is 5.40. The number of nitrogens with one attached hydrogen (secondary N) is 1. The summed E-state index contributed by atoms with van der Waals surface area (Å²) in [5.41, 5.74) is 3.89. The van der Waals surface area contributed by atoms with E-state index in [1.54, 1.807) is 19.2 Å². The fourth-order valence-corrected chi connectivity index (χ4v) is 3.65. The fourth-order valence-electron chi connectivity index (χ4n) is 3.65. The van der Waals surface area contributed by atoms with Crippen molar-refractivity contribution in [2.45, 2.75) is 19.6 Å². The summed E-state index contributed by atoms with van der Waals surface area (Å²) in [7, 11) is 1.63. The van der Waals surface area contributed by atoms with Gasteiger partial charge in [0.2, 0.25) is 0 Å². The van der Waals surface area contributed by atoms with Crippen molar-refractivity contribution >= 4 is 5.69 Å². The van der Waals surface area contributed by atoms with Crippen molar-refractivity contribution in [3.05, 3.63) is 126 Å². The lowest BCUT2D eigenvalue weighted by Gasteiger charge is -2.17. The molecule has 4 aromatic rings. The Balaban J connectivity index is 1.44. The molecular formula is C30H28FNO3. The number of allylic oxidation sites excluding steroid dienone is 1. The normalized spacial score (nSPS) is 10.5. The lowest BCUT2D eigenvalue weighted by molar-refractivity contribution is 0.281. The zero-order valence-corrected chi connectivity index (χ0v) is 19.7. The molecule has 35 heavy (non-hydrogen) atoms. The molecule has 0 saturated carbocycles. The summed E-state index contributed by atoms with van der Waals surface area (Å²) < 4.78 is 30.8. The summed E-state index contributed by atoms with van der Waals surface area (Å²) in [6, 6.07) is 27.9. The Morgan fingerprint density at radius 2 is 1.57 bits per heavy atom. The van der Waals surface area contributed by atoms with Crippen LogP contribution in [-0.2, 0) is 19.6 Å². The van der Waals surface area contributed by atoms with E-state index in [-0.39, 0.29) is 5.82 Å². The molecule has 0 aliphatic heterocycles. The molecule has 4 aromatic carbocycles. The number of rotatable bonds is 11. The summed E-state index contributed by atoms with van der Waals surface area (Å²) in [6.07, 6.45) is 2.47. The van der Waals surface area contributed by atoms with Crippen LogP contribution in [0.2, 0.25) is 0 Å². The van der Waals surface area contributed by atoms with Crippen molar-refractivity contribution in [1.82, 2.24) is 0 Å². The van der Waals surface area contributed by atoms with Gasteiger partial charge < -0.3 is 19.5 Å². The molecule has 0 amide bonds. The highest BCUT2D eigenvalue weighted by molar-refractivity contribution is 5.52. The molecule has 0 bridgehead atoms. The van der Waals surface area contributed by atoms with Gasteiger partial charge in [-0.2, -0.15) is 0 Å². The third kappa shape index (κ3) is 6.64. The van der Waals surface area contributed by atoms with Crippen LogP contribution in [0.15, 0.2) is 104 Å². The molecule has 5 heteroatoms. The van der Waals surface area contributed by atoms with Crippen molar-refractivity contribution in [1.29, 1.82) is 0 Å². The van der Waals surface area contributed by atoms with E-state index in [4.69, 9.17) is 14.2 Å². The van der Waals surface area contributed by atoms with Gasteiger partial charge in [-0.25, -0.2) is 4.39 Å². The second-order valence-corrected chi connectivity index (χ2v) is 7.99. The van der Waals surface area contributed by atoms with Crippen LogP contribution in [0.25, 0.3) is 0 Å². The van der Waals surface area contributed by atoms with Gasteiger partial charge in [0.05, 0.1) is 7.11 Å². The minimum absolute atomic E-state index is 0.270. The van der Waals surface area contributed by atoms with Crippen LogP contribution in [0, 0.1) is 5.82 Å². The molecule has 0 aromatic heterocycles. The molecule has 0 spiro atoms. The Labute approximate surface area is 205 Å². The summed E-state index contributed by atoms with van der Waals surface area (Å²) in [5, 5.41) is 3.44. The molecule has 0 heterocycles. The number of benzene rings is 4. The number of hydrogen-bond donors (Lipinski definition) is 1. The minimum Gasteiger partial charge on any atom is -0.493 e. The monoisotopic (exact) mass is 469 g/mol. The number of para-hydroxylation sites is 1. The maximum atomic E-state index is 13.2. The smallest absolute Gasteiger partial charge is 0.165 e. The quantitative estimate of drug-likeness (QED) is 0.230. The molecule has 178 valence electrons. The first-order chi connectivity index (χ1) is 17.1. The molecule has 0 aliphatic carbocycles. The lowest BCUT2D eigenvalue weighted by atomic mass is 10.1. The van der Waals surface area contributed by atoms with Gasteiger partial charge in [-0.05, 0) is 78.2 Å². The molecule has 0 aliphatic rings. The Hall–Kier alpha value is -4.25. The first-order valence-corrected chi connectivity index (χ1v) is 11.4. The van der Waals surface area contributed by atoms with Crippen molar-refractivity contribution in [2.24, 2.45) is 0 Å². The first kappa shape index (κ1) is 23.9. The molecule has 0 unspecified atom stereocenters. The third-order valence-corrected chi connectivity index (χ3v) is 5.40. The molecule has 1 N–H and O–H groups in total. The van der Waals surface area contributed by atoms with Crippen molar-refractivity contribution in [3.8, 4) is 23.0 Å².